The van der Waals surface area contributed by atoms with E-state index in [0.717, 1.165) is 17.2 Å². The lowest BCUT2D eigenvalue weighted by Crippen LogP contribution is -2.35. The first-order valence-corrected chi connectivity index (χ1v) is 6.84. The lowest BCUT2D eigenvalue weighted by Gasteiger charge is -2.26. The zero-order valence-electron chi connectivity index (χ0n) is 12.1. The van der Waals surface area contributed by atoms with Crippen LogP contribution in [0.2, 0.25) is 0 Å². The summed E-state index contributed by atoms with van der Waals surface area (Å²) in [4.78, 5) is 0. The SMILES string of the molecule is CNC(Cc1ccc(F)c(F)c1)C(OC)c1ccccc1. The first-order valence-electron chi connectivity index (χ1n) is 6.84. The molecule has 0 bridgehead atoms. The van der Waals surface area contributed by atoms with Gasteiger partial charge in [-0.15, -0.1) is 0 Å². The molecule has 0 fully saturated rings. The van der Waals surface area contributed by atoms with Crippen LogP contribution < -0.4 is 5.32 Å². The summed E-state index contributed by atoms with van der Waals surface area (Å²) in [6.45, 7) is 0. The minimum Gasteiger partial charge on any atom is -0.375 e. The average Bonchev–Trinajstić information content (AvgIpc) is 2.51. The molecule has 21 heavy (non-hydrogen) atoms. The Balaban J connectivity index is 2.19. The van der Waals surface area contributed by atoms with Gasteiger partial charge in [-0.3, -0.25) is 0 Å². The molecule has 0 aliphatic rings. The van der Waals surface area contributed by atoms with Crippen molar-refractivity contribution < 1.29 is 13.5 Å². The van der Waals surface area contributed by atoms with Crippen molar-refractivity contribution in [2.75, 3.05) is 14.2 Å². The van der Waals surface area contributed by atoms with Crippen LogP contribution in [0.25, 0.3) is 0 Å². The Bertz CT molecular complexity index is 574. The van der Waals surface area contributed by atoms with E-state index in [1.807, 2.05) is 37.4 Å². The minimum absolute atomic E-state index is 0.0396. The van der Waals surface area contributed by atoms with Gasteiger partial charge in [0.25, 0.3) is 0 Å². The maximum Gasteiger partial charge on any atom is 0.159 e. The summed E-state index contributed by atoms with van der Waals surface area (Å²) in [5.74, 6) is -1.65. The third kappa shape index (κ3) is 3.86. The molecule has 0 spiro atoms. The molecule has 4 heteroatoms. The van der Waals surface area contributed by atoms with E-state index in [1.54, 1.807) is 13.2 Å². The van der Waals surface area contributed by atoms with Gasteiger partial charge in [0, 0.05) is 13.2 Å². The fourth-order valence-corrected chi connectivity index (χ4v) is 2.46. The monoisotopic (exact) mass is 291 g/mol. The molecule has 0 aliphatic carbocycles. The van der Waals surface area contributed by atoms with Crippen molar-refractivity contribution >= 4 is 0 Å². The standard InChI is InChI=1S/C17H19F2NO/c1-20-16(11-12-8-9-14(18)15(19)10-12)17(21-2)13-6-4-3-5-7-13/h3-10,16-17,20H,11H2,1-2H3. The molecule has 0 aromatic heterocycles. The molecule has 2 aromatic carbocycles. The van der Waals surface area contributed by atoms with E-state index in [4.69, 9.17) is 4.74 Å². The molecule has 2 aromatic rings. The molecule has 0 amide bonds. The molecule has 0 heterocycles. The second-order valence-electron chi connectivity index (χ2n) is 4.91. The molecule has 2 rings (SSSR count). The van der Waals surface area contributed by atoms with Crippen molar-refractivity contribution in [3.05, 3.63) is 71.3 Å². The minimum atomic E-state index is -0.828. The maximum atomic E-state index is 13.3. The van der Waals surface area contributed by atoms with Gasteiger partial charge in [-0.05, 0) is 36.7 Å². The van der Waals surface area contributed by atoms with Gasteiger partial charge >= 0.3 is 0 Å². The smallest absolute Gasteiger partial charge is 0.159 e. The average molecular weight is 291 g/mol. The highest BCUT2D eigenvalue weighted by molar-refractivity contribution is 5.23. The summed E-state index contributed by atoms with van der Waals surface area (Å²) in [5, 5.41) is 3.19. The second kappa shape index (κ2) is 7.29. The zero-order chi connectivity index (χ0) is 15.2. The number of hydrogen-bond acceptors (Lipinski definition) is 2. The summed E-state index contributed by atoms with van der Waals surface area (Å²) in [5.41, 5.74) is 1.77. The van der Waals surface area contributed by atoms with Crippen LogP contribution in [0.3, 0.4) is 0 Å². The molecule has 2 nitrogen and oxygen atoms in total. The molecular formula is C17H19F2NO. The highest BCUT2D eigenvalue weighted by Crippen LogP contribution is 2.23. The number of hydrogen-bond donors (Lipinski definition) is 1. The fraction of sp³-hybridized carbons (Fsp3) is 0.294. The van der Waals surface area contributed by atoms with E-state index in [-0.39, 0.29) is 12.1 Å². The molecule has 0 radical (unpaired) electrons. The van der Waals surface area contributed by atoms with E-state index in [1.165, 1.54) is 6.07 Å². The molecule has 0 saturated carbocycles. The molecule has 0 saturated heterocycles. The fourth-order valence-electron chi connectivity index (χ4n) is 2.46. The van der Waals surface area contributed by atoms with Crippen molar-refractivity contribution in [1.29, 1.82) is 0 Å². The van der Waals surface area contributed by atoms with Gasteiger partial charge in [0.1, 0.15) is 0 Å². The van der Waals surface area contributed by atoms with Crippen molar-refractivity contribution in [1.82, 2.24) is 5.32 Å². The molecule has 2 unspecified atom stereocenters. The number of halogens is 2. The van der Waals surface area contributed by atoms with Gasteiger partial charge in [0.2, 0.25) is 0 Å². The van der Waals surface area contributed by atoms with Gasteiger partial charge in [-0.2, -0.15) is 0 Å². The highest BCUT2D eigenvalue weighted by atomic mass is 19.2. The number of ether oxygens (including phenoxy) is 1. The summed E-state index contributed by atoms with van der Waals surface area (Å²) < 4.78 is 31.9. The van der Waals surface area contributed by atoms with E-state index < -0.39 is 11.6 Å². The Kier molecular flexibility index (Phi) is 5.42. The Morgan fingerprint density at radius 3 is 2.33 bits per heavy atom. The Morgan fingerprint density at radius 1 is 1.05 bits per heavy atom. The number of rotatable bonds is 6. The number of methoxy groups -OCH3 is 1. The third-order valence-electron chi connectivity index (χ3n) is 3.56. The largest absolute Gasteiger partial charge is 0.375 e. The molecular weight excluding hydrogens is 272 g/mol. The molecule has 0 aliphatic heterocycles. The zero-order valence-corrected chi connectivity index (χ0v) is 12.1. The predicted octanol–water partition coefficient (Wildman–Crippen LogP) is 3.48. The van der Waals surface area contributed by atoms with Crippen LogP contribution in [0.1, 0.15) is 17.2 Å². The van der Waals surface area contributed by atoms with Gasteiger partial charge in [0.15, 0.2) is 11.6 Å². The third-order valence-corrected chi connectivity index (χ3v) is 3.56. The molecule has 2 atom stereocenters. The van der Waals surface area contributed by atoms with E-state index in [2.05, 4.69) is 5.32 Å². The van der Waals surface area contributed by atoms with Gasteiger partial charge in [-0.1, -0.05) is 36.4 Å². The summed E-state index contributed by atoms with van der Waals surface area (Å²) in [6.07, 6.45) is 0.380. The van der Waals surface area contributed by atoms with Gasteiger partial charge < -0.3 is 10.1 Å². The van der Waals surface area contributed by atoms with Crippen LogP contribution in [0.15, 0.2) is 48.5 Å². The van der Waals surface area contributed by atoms with Crippen LogP contribution in [-0.2, 0) is 11.2 Å². The number of benzene rings is 2. The van der Waals surface area contributed by atoms with Crippen LogP contribution in [0.5, 0.6) is 0 Å². The summed E-state index contributed by atoms with van der Waals surface area (Å²) in [6, 6.07) is 13.8. The topological polar surface area (TPSA) is 21.3 Å². The van der Waals surface area contributed by atoms with Gasteiger partial charge in [0.05, 0.1) is 6.10 Å². The summed E-state index contributed by atoms with van der Waals surface area (Å²) in [7, 11) is 3.48. The van der Waals surface area contributed by atoms with E-state index in [9.17, 15) is 8.78 Å². The molecule has 1 N–H and O–H groups in total. The van der Waals surface area contributed by atoms with Crippen molar-refractivity contribution in [3.63, 3.8) is 0 Å². The van der Waals surface area contributed by atoms with Gasteiger partial charge in [-0.25, -0.2) is 8.78 Å². The lowest BCUT2D eigenvalue weighted by atomic mass is 9.96. The second-order valence-corrected chi connectivity index (χ2v) is 4.91. The van der Waals surface area contributed by atoms with E-state index in [0.29, 0.717) is 6.42 Å². The predicted molar refractivity (Wildman–Crippen MR) is 79.1 cm³/mol. The number of nitrogens with one attached hydrogen (secondary N) is 1. The Labute approximate surface area is 123 Å². The molecule has 112 valence electrons. The van der Waals surface area contributed by atoms with Crippen LogP contribution >= 0.6 is 0 Å². The quantitative estimate of drug-likeness (QED) is 0.879. The lowest BCUT2D eigenvalue weighted by molar-refractivity contribution is 0.0704. The van der Waals surface area contributed by atoms with Crippen LogP contribution in [-0.4, -0.2) is 20.2 Å². The summed E-state index contributed by atoms with van der Waals surface area (Å²) >= 11 is 0. The Morgan fingerprint density at radius 2 is 1.76 bits per heavy atom. The van der Waals surface area contributed by atoms with Crippen LogP contribution in [0.4, 0.5) is 8.78 Å². The normalized spacial score (nSPS) is 13.9. The first kappa shape index (κ1) is 15.6. The number of likely N-dealkylation sites (N-methyl/N-ethyl adjacent to an activating group) is 1. The Hall–Kier alpha value is -1.78. The van der Waals surface area contributed by atoms with Crippen molar-refractivity contribution in [2.45, 2.75) is 18.6 Å². The highest BCUT2D eigenvalue weighted by Gasteiger charge is 2.22. The van der Waals surface area contributed by atoms with Crippen LogP contribution in [0, 0.1) is 11.6 Å². The van der Waals surface area contributed by atoms with Crippen molar-refractivity contribution in [2.24, 2.45) is 0 Å². The van der Waals surface area contributed by atoms with Crippen molar-refractivity contribution in [3.8, 4) is 0 Å². The first-order chi connectivity index (χ1) is 10.2. The maximum absolute atomic E-state index is 13.3. The van der Waals surface area contributed by atoms with E-state index >= 15 is 0 Å².